The highest BCUT2D eigenvalue weighted by molar-refractivity contribution is 6.14. The van der Waals surface area contributed by atoms with E-state index in [1.165, 1.54) is 12.1 Å². The van der Waals surface area contributed by atoms with Crippen LogP contribution in [0.15, 0.2) is 77.0 Å². The summed E-state index contributed by atoms with van der Waals surface area (Å²) in [5, 5.41) is 17.9. The number of aryl methyl sites for hydroxylation is 1. The minimum atomic E-state index is -1.14. The quantitative estimate of drug-likeness (QED) is 0.453. The van der Waals surface area contributed by atoms with E-state index in [0.29, 0.717) is 16.9 Å². The van der Waals surface area contributed by atoms with Gasteiger partial charge in [0.25, 0.3) is 0 Å². The number of benzene rings is 3. The van der Waals surface area contributed by atoms with Crippen LogP contribution in [0.2, 0.25) is 0 Å². The van der Waals surface area contributed by atoms with Crippen molar-refractivity contribution < 1.29 is 14.7 Å². The van der Waals surface area contributed by atoms with E-state index in [4.69, 9.17) is 0 Å². The zero-order valence-corrected chi connectivity index (χ0v) is 16.5. The molecule has 6 nitrogen and oxygen atoms in total. The van der Waals surface area contributed by atoms with E-state index >= 15 is 0 Å². The molecule has 0 saturated carbocycles. The van der Waals surface area contributed by atoms with Crippen LogP contribution in [0.5, 0.6) is 0 Å². The Bertz CT molecular complexity index is 1090. The van der Waals surface area contributed by atoms with Crippen molar-refractivity contribution in [2.45, 2.75) is 6.92 Å². The summed E-state index contributed by atoms with van der Waals surface area (Å²) in [7, 11) is 3.93. The third kappa shape index (κ3) is 4.55. The maximum atomic E-state index is 12.9. The summed E-state index contributed by atoms with van der Waals surface area (Å²) < 4.78 is 0. The molecule has 0 radical (unpaired) electrons. The highest BCUT2D eigenvalue weighted by Crippen LogP contribution is 2.26. The first-order valence-electron chi connectivity index (χ1n) is 9.03. The molecule has 0 fully saturated rings. The van der Waals surface area contributed by atoms with Gasteiger partial charge in [0.1, 0.15) is 0 Å². The van der Waals surface area contributed by atoms with Crippen LogP contribution in [0.3, 0.4) is 0 Å². The largest absolute Gasteiger partial charge is 0.478 e. The molecule has 0 heterocycles. The minimum absolute atomic E-state index is 0.0257. The molecule has 0 aliphatic rings. The number of azo groups is 1. The number of rotatable bonds is 6. The van der Waals surface area contributed by atoms with Crippen LogP contribution in [-0.2, 0) is 0 Å². The molecule has 0 bridgehead atoms. The molecule has 0 unspecified atom stereocenters. The first-order chi connectivity index (χ1) is 13.9. The first kappa shape index (κ1) is 19.9. The van der Waals surface area contributed by atoms with Crippen molar-refractivity contribution in [3.05, 3.63) is 89.0 Å². The monoisotopic (exact) mass is 387 g/mol. The van der Waals surface area contributed by atoms with E-state index in [9.17, 15) is 14.7 Å². The third-order valence-electron chi connectivity index (χ3n) is 4.51. The summed E-state index contributed by atoms with van der Waals surface area (Å²) in [5.74, 6) is -1.50. The molecule has 29 heavy (non-hydrogen) atoms. The van der Waals surface area contributed by atoms with Gasteiger partial charge in [-0.3, -0.25) is 4.79 Å². The van der Waals surface area contributed by atoms with Crippen molar-refractivity contribution in [1.82, 2.24) is 0 Å². The Morgan fingerprint density at radius 2 is 1.52 bits per heavy atom. The Kier molecular flexibility index (Phi) is 5.83. The van der Waals surface area contributed by atoms with Crippen LogP contribution in [0.1, 0.15) is 31.8 Å². The Hall–Kier alpha value is -3.80. The summed E-state index contributed by atoms with van der Waals surface area (Å²) in [6.07, 6.45) is 0. The van der Waals surface area contributed by atoms with E-state index in [1.54, 1.807) is 30.3 Å². The molecular formula is C23H21N3O3. The lowest BCUT2D eigenvalue weighted by atomic mass is 9.97. The van der Waals surface area contributed by atoms with Crippen LogP contribution in [-0.4, -0.2) is 31.0 Å². The first-order valence-corrected chi connectivity index (χ1v) is 9.03. The number of carbonyl (C=O) groups is 2. The fraction of sp³-hybridized carbons (Fsp3) is 0.130. The van der Waals surface area contributed by atoms with E-state index < -0.39 is 5.97 Å². The second-order valence-electron chi connectivity index (χ2n) is 6.79. The van der Waals surface area contributed by atoms with Gasteiger partial charge in [0.05, 0.1) is 16.9 Å². The lowest BCUT2D eigenvalue weighted by Crippen LogP contribution is -2.09. The van der Waals surface area contributed by atoms with Gasteiger partial charge in [-0.2, -0.15) is 10.2 Å². The van der Waals surface area contributed by atoms with Crippen molar-refractivity contribution in [3.8, 4) is 0 Å². The highest BCUT2D eigenvalue weighted by atomic mass is 16.4. The van der Waals surface area contributed by atoms with Crippen LogP contribution in [0.25, 0.3) is 0 Å². The highest BCUT2D eigenvalue weighted by Gasteiger charge is 2.18. The molecule has 0 aromatic heterocycles. The number of nitrogens with zero attached hydrogens (tertiary/aromatic N) is 3. The summed E-state index contributed by atoms with van der Waals surface area (Å²) in [4.78, 5) is 26.3. The number of carboxylic acids is 1. The van der Waals surface area contributed by atoms with Crippen molar-refractivity contribution in [2.75, 3.05) is 19.0 Å². The predicted molar refractivity (Wildman–Crippen MR) is 113 cm³/mol. The SMILES string of the molecule is Cc1ccc(C(=O)c2ccccc2C(=O)O)cc1N=Nc1ccc(N(C)C)cc1. The molecule has 0 spiro atoms. The Morgan fingerprint density at radius 1 is 0.862 bits per heavy atom. The molecule has 3 rings (SSSR count). The van der Waals surface area contributed by atoms with Gasteiger partial charge in [-0.25, -0.2) is 4.79 Å². The van der Waals surface area contributed by atoms with Gasteiger partial charge in [0.15, 0.2) is 5.78 Å². The van der Waals surface area contributed by atoms with E-state index in [1.807, 2.05) is 50.2 Å². The van der Waals surface area contributed by atoms with Crippen molar-refractivity contribution in [1.29, 1.82) is 0 Å². The van der Waals surface area contributed by atoms with E-state index in [0.717, 1.165) is 11.3 Å². The van der Waals surface area contributed by atoms with Gasteiger partial charge < -0.3 is 10.0 Å². The Morgan fingerprint density at radius 3 is 2.14 bits per heavy atom. The lowest BCUT2D eigenvalue weighted by molar-refractivity contribution is 0.0693. The maximum Gasteiger partial charge on any atom is 0.336 e. The smallest absolute Gasteiger partial charge is 0.336 e. The van der Waals surface area contributed by atoms with Crippen molar-refractivity contribution in [2.24, 2.45) is 10.2 Å². The summed E-state index contributed by atoms with van der Waals surface area (Å²) >= 11 is 0. The number of hydrogen-bond donors (Lipinski definition) is 1. The predicted octanol–water partition coefficient (Wildman–Crippen LogP) is 5.41. The lowest BCUT2D eigenvalue weighted by Gasteiger charge is -2.11. The standard InChI is InChI=1S/C23H21N3O3/c1-15-8-9-16(22(27)19-6-4-5-7-20(19)23(28)29)14-21(15)25-24-17-10-12-18(13-11-17)26(2)3/h4-14H,1-3H3,(H,28,29). The van der Waals surface area contributed by atoms with Crippen LogP contribution >= 0.6 is 0 Å². The Balaban J connectivity index is 1.90. The summed E-state index contributed by atoms with van der Waals surface area (Å²) in [6, 6.07) is 18.9. The molecule has 0 amide bonds. The fourth-order valence-corrected chi connectivity index (χ4v) is 2.81. The number of aromatic carboxylic acids is 1. The summed E-state index contributed by atoms with van der Waals surface area (Å²) in [5.41, 5.74) is 3.66. The number of ketones is 1. The van der Waals surface area contributed by atoms with Crippen molar-refractivity contribution >= 4 is 28.8 Å². The number of carbonyl (C=O) groups excluding carboxylic acids is 1. The zero-order chi connectivity index (χ0) is 21.0. The van der Waals surface area contributed by atoms with Gasteiger partial charge in [-0.05, 0) is 48.9 Å². The van der Waals surface area contributed by atoms with Gasteiger partial charge in [-0.15, -0.1) is 0 Å². The van der Waals surface area contributed by atoms with E-state index in [-0.39, 0.29) is 16.9 Å². The van der Waals surface area contributed by atoms with Gasteiger partial charge in [0, 0.05) is 30.9 Å². The molecule has 0 aliphatic carbocycles. The summed E-state index contributed by atoms with van der Waals surface area (Å²) in [6.45, 7) is 1.88. The minimum Gasteiger partial charge on any atom is -0.478 e. The van der Waals surface area contributed by atoms with Crippen LogP contribution < -0.4 is 4.90 Å². The average molecular weight is 387 g/mol. The molecule has 3 aromatic rings. The Labute approximate surface area is 169 Å². The van der Waals surface area contributed by atoms with Gasteiger partial charge in [-0.1, -0.05) is 30.3 Å². The van der Waals surface area contributed by atoms with Crippen LogP contribution in [0.4, 0.5) is 17.1 Å². The maximum absolute atomic E-state index is 12.9. The molecular weight excluding hydrogens is 366 g/mol. The molecule has 146 valence electrons. The van der Waals surface area contributed by atoms with Gasteiger partial charge >= 0.3 is 5.97 Å². The number of carboxylic acid groups (broad SMARTS) is 1. The topological polar surface area (TPSA) is 82.3 Å². The molecule has 3 aromatic carbocycles. The fourth-order valence-electron chi connectivity index (χ4n) is 2.81. The normalized spacial score (nSPS) is 10.9. The number of anilines is 1. The zero-order valence-electron chi connectivity index (χ0n) is 16.5. The van der Waals surface area contributed by atoms with Crippen molar-refractivity contribution in [3.63, 3.8) is 0 Å². The van der Waals surface area contributed by atoms with Crippen LogP contribution in [0, 0.1) is 6.92 Å². The second-order valence-corrected chi connectivity index (χ2v) is 6.79. The average Bonchev–Trinajstić information content (AvgIpc) is 2.73. The third-order valence-corrected chi connectivity index (χ3v) is 4.51. The molecule has 0 aliphatic heterocycles. The molecule has 1 N–H and O–H groups in total. The molecule has 0 saturated heterocycles. The molecule has 0 atom stereocenters. The van der Waals surface area contributed by atoms with Gasteiger partial charge in [0.2, 0.25) is 0 Å². The molecule has 6 heteroatoms. The number of hydrogen-bond acceptors (Lipinski definition) is 5. The van der Waals surface area contributed by atoms with E-state index in [2.05, 4.69) is 10.2 Å². The second kappa shape index (κ2) is 8.48.